The van der Waals surface area contributed by atoms with E-state index in [1.165, 1.54) is 37.7 Å². The van der Waals surface area contributed by atoms with Crippen molar-refractivity contribution in [1.82, 2.24) is 0 Å². The van der Waals surface area contributed by atoms with Gasteiger partial charge in [-0.2, -0.15) is 0 Å². The van der Waals surface area contributed by atoms with Gasteiger partial charge >= 0.3 is 0 Å². The van der Waals surface area contributed by atoms with E-state index in [1.807, 2.05) is 0 Å². The molecule has 0 radical (unpaired) electrons. The van der Waals surface area contributed by atoms with Crippen LogP contribution in [0.3, 0.4) is 0 Å². The quantitative estimate of drug-likeness (QED) is 0.506. The molecule has 1 rings (SSSR count). The smallest absolute Gasteiger partial charge is 0.0636 e. The molecule has 0 aliphatic heterocycles. The molecule has 21 heavy (non-hydrogen) atoms. The van der Waals surface area contributed by atoms with Crippen molar-refractivity contribution in [3.8, 4) is 0 Å². The summed E-state index contributed by atoms with van der Waals surface area (Å²) in [6, 6.07) is 10.6. The molecule has 0 amide bonds. The normalized spacial score (nSPS) is 13.3. The van der Waals surface area contributed by atoms with Crippen molar-refractivity contribution in [1.29, 1.82) is 0 Å². The third-order valence-electron chi connectivity index (χ3n) is 5.08. The highest BCUT2D eigenvalue weighted by Gasteiger charge is 2.35. The zero-order chi connectivity index (χ0) is 15.6. The molecule has 0 bridgehead atoms. The van der Waals surface area contributed by atoms with Crippen LogP contribution in [-0.2, 0) is 5.41 Å². The number of aliphatic hydroxyl groups is 1. The van der Waals surface area contributed by atoms with E-state index in [0.717, 1.165) is 25.7 Å². The molecular formula is C20H34O. The van der Waals surface area contributed by atoms with Gasteiger partial charge in [0.2, 0.25) is 0 Å². The summed E-state index contributed by atoms with van der Waals surface area (Å²) in [7, 11) is 0. The Hall–Kier alpha value is -0.820. The molecule has 1 aromatic rings. The largest absolute Gasteiger partial charge is 0.392 e. The minimum atomic E-state index is -0.221. The lowest BCUT2D eigenvalue weighted by atomic mass is 9.70. The maximum atomic E-state index is 10.8. The van der Waals surface area contributed by atoms with Gasteiger partial charge in [0.05, 0.1) is 6.10 Å². The molecule has 0 saturated heterocycles. The van der Waals surface area contributed by atoms with Gasteiger partial charge < -0.3 is 5.11 Å². The lowest BCUT2D eigenvalue weighted by Crippen LogP contribution is -2.38. The summed E-state index contributed by atoms with van der Waals surface area (Å²) in [5.74, 6) is 0. The molecule has 0 heterocycles. The standard InChI is InChI=1S/C20H34O/c1-4-7-8-9-10-14-17-19(21)20(5-2,6-3)18-15-12-11-13-16-18/h11-13,15-16,19,21H,4-10,14,17H2,1-3H3. The van der Waals surface area contributed by atoms with Crippen LogP contribution in [0.15, 0.2) is 30.3 Å². The predicted octanol–water partition coefficient (Wildman–Crippen LogP) is 5.86. The first-order valence-corrected chi connectivity index (χ1v) is 8.94. The molecule has 1 atom stereocenters. The number of rotatable bonds is 11. The van der Waals surface area contributed by atoms with E-state index in [-0.39, 0.29) is 11.5 Å². The fraction of sp³-hybridized carbons (Fsp3) is 0.700. The summed E-state index contributed by atoms with van der Waals surface area (Å²) in [4.78, 5) is 0. The van der Waals surface area contributed by atoms with Crippen LogP contribution in [0.1, 0.15) is 84.1 Å². The Morgan fingerprint density at radius 2 is 1.43 bits per heavy atom. The minimum absolute atomic E-state index is 0.0648. The third kappa shape index (κ3) is 5.14. The van der Waals surface area contributed by atoms with Gasteiger partial charge in [0.1, 0.15) is 0 Å². The molecule has 1 N–H and O–H groups in total. The molecule has 1 aromatic carbocycles. The molecular weight excluding hydrogens is 256 g/mol. The van der Waals surface area contributed by atoms with Crippen LogP contribution >= 0.6 is 0 Å². The predicted molar refractivity (Wildman–Crippen MR) is 92.7 cm³/mol. The Labute approximate surface area is 131 Å². The SMILES string of the molecule is CCCCCCCCC(O)C(CC)(CC)c1ccccc1. The zero-order valence-corrected chi connectivity index (χ0v) is 14.3. The van der Waals surface area contributed by atoms with Crippen molar-refractivity contribution in [2.75, 3.05) is 0 Å². The summed E-state index contributed by atoms with van der Waals surface area (Å²) < 4.78 is 0. The molecule has 120 valence electrons. The Bertz CT molecular complexity index is 353. The van der Waals surface area contributed by atoms with E-state index in [9.17, 15) is 5.11 Å². The zero-order valence-electron chi connectivity index (χ0n) is 14.3. The minimum Gasteiger partial charge on any atom is -0.392 e. The van der Waals surface area contributed by atoms with Gasteiger partial charge in [-0.1, -0.05) is 89.6 Å². The fourth-order valence-electron chi connectivity index (χ4n) is 3.49. The van der Waals surface area contributed by atoms with Crippen LogP contribution < -0.4 is 0 Å². The molecule has 0 aromatic heterocycles. The van der Waals surface area contributed by atoms with E-state index < -0.39 is 0 Å². The summed E-state index contributed by atoms with van der Waals surface area (Å²) >= 11 is 0. The van der Waals surface area contributed by atoms with Gasteiger partial charge in [0.15, 0.2) is 0 Å². The maximum Gasteiger partial charge on any atom is 0.0636 e. The van der Waals surface area contributed by atoms with Crippen molar-refractivity contribution in [3.63, 3.8) is 0 Å². The van der Waals surface area contributed by atoms with Gasteiger partial charge in [-0.3, -0.25) is 0 Å². The van der Waals surface area contributed by atoms with Crippen molar-refractivity contribution >= 4 is 0 Å². The van der Waals surface area contributed by atoms with Crippen LogP contribution in [0.4, 0.5) is 0 Å². The average Bonchev–Trinajstić information content (AvgIpc) is 2.53. The van der Waals surface area contributed by atoms with Crippen LogP contribution in [0.2, 0.25) is 0 Å². The van der Waals surface area contributed by atoms with Crippen LogP contribution in [-0.4, -0.2) is 11.2 Å². The number of hydrogen-bond acceptors (Lipinski definition) is 1. The molecule has 1 nitrogen and oxygen atoms in total. The van der Waals surface area contributed by atoms with E-state index in [1.54, 1.807) is 0 Å². The lowest BCUT2D eigenvalue weighted by molar-refractivity contribution is 0.0631. The first kappa shape index (κ1) is 18.2. The molecule has 0 fully saturated rings. The third-order valence-corrected chi connectivity index (χ3v) is 5.08. The topological polar surface area (TPSA) is 20.2 Å². The van der Waals surface area contributed by atoms with Gasteiger partial charge in [0, 0.05) is 5.41 Å². The average molecular weight is 290 g/mol. The Morgan fingerprint density at radius 1 is 0.857 bits per heavy atom. The van der Waals surface area contributed by atoms with Crippen molar-refractivity contribution in [3.05, 3.63) is 35.9 Å². The molecule has 0 aliphatic carbocycles. The summed E-state index contributed by atoms with van der Waals surface area (Å²) in [5, 5.41) is 10.8. The van der Waals surface area contributed by atoms with E-state index in [4.69, 9.17) is 0 Å². The highest BCUT2D eigenvalue weighted by atomic mass is 16.3. The van der Waals surface area contributed by atoms with Gasteiger partial charge in [-0.05, 0) is 24.8 Å². The Kier molecular flexibility index (Phi) is 8.68. The van der Waals surface area contributed by atoms with E-state index >= 15 is 0 Å². The second-order valence-corrected chi connectivity index (χ2v) is 6.30. The second kappa shape index (κ2) is 10.00. The summed E-state index contributed by atoms with van der Waals surface area (Å²) in [6.07, 6.45) is 10.4. The highest BCUT2D eigenvalue weighted by Crippen LogP contribution is 2.37. The van der Waals surface area contributed by atoms with Crippen molar-refractivity contribution < 1.29 is 5.11 Å². The summed E-state index contributed by atoms with van der Waals surface area (Å²) in [6.45, 7) is 6.67. The highest BCUT2D eigenvalue weighted by molar-refractivity contribution is 5.26. The molecule has 0 saturated carbocycles. The number of benzene rings is 1. The van der Waals surface area contributed by atoms with E-state index in [0.29, 0.717) is 0 Å². The lowest BCUT2D eigenvalue weighted by Gasteiger charge is -2.37. The van der Waals surface area contributed by atoms with Gasteiger partial charge in [-0.15, -0.1) is 0 Å². The number of hydrogen-bond donors (Lipinski definition) is 1. The molecule has 1 unspecified atom stereocenters. The first-order valence-electron chi connectivity index (χ1n) is 8.94. The fourth-order valence-corrected chi connectivity index (χ4v) is 3.49. The van der Waals surface area contributed by atoms with Crippen LogP contribution in [0.5, 0.6) is 0 Å². The van der Waals surface area contributed by atoms with Crippen molar-refractivity contribution in [2.45, 2.75) is 90.1 Å². The first-order chi connectivity index (χ1) is 10.2. The summed E-state index contributed by atoms with van der Waals surface area (Å²) in [5.41, 5.74) is 1.23. The molecule has 0 aliphatic rings. The maximum absolute atomic E-state index is 10.8. The monoisotopic (exact) mass is 290 g/mol. The Balaban J connectivity index is 2.56. The molecule has 0 spiro atoms. The Morgan fingerprint density at radius 3 is 2.00 bits per heavy atom. The van der Waals surface area contributed by atoms with E-state index in [2.05, 4.69) is 51.1 Å². The van der Waals surface area contributed by atoms with Crippen LogP contribution in [0.25, 0.3) is 0 Å². The van der Waals surface area contributed by atoms with Crippen LogP contribution in [0, 0.1) is 0 Å². The van der Waals surface area contributed by atoms with Crippen molar-refractivity contribution in [2.24, 2.45) is 0 Å². The molecule has 1 heteroatoms. The van der Waals surface area contributed by atoms with Gasteiger partial charge in [0.25, 0.3) is 0 Å². The number of aliphatic hydroxyl groups excluding tert-OH is 1. The van der Waals surface area contributed by atoms with Gasteiger partial charge in [-0.25, -0.2) is 0 Å². The second-order valence-electron chi connectivity index (χ2n) is 6.30. The number of unbranched alkanes of at least 4 members (excludes halogenated alkanes) is 5.